The molecule has 0 heterocycles. The van der Waals surface area contributed by atoms with Crippen LogP contribution in [0.3, 0.4) is 0 Å². The number of amides is 1. The second-order valence-corrected chi connectivity index (χ2v) is 3.16. The van der Waals surface area contributed by atoms with E-state index >= 15 is 0 Å². The molecule has 0 rings (SSSR count). The molecule has 1 amide bonds. The molecule has 0 saturated heterocycles. The standard InChI is InChI=1S/C7H14INO3/c1-11-4-5-12-6-7(10)9-3-2-8/h2-6H2,1H3,(H,9,10). The van der Waals surface area contributed by atoms with Gasteiger partial charge in [0.1, 0.15) is 6.61 Å². The average Bonchev–Trinajstić information content (AvgIpc) is 2.09. The molecule has 0 atom stereocenters. The fourth-order valence-electron chi connectivity index (χ4n) is 0.545. The van der Waals surface area contributed by atoms with Crippen LogP contribution in [0.4, 0.5) is 0 Å². The summed E-state index contributed by atoms with van der Waals surface area (Å²) in [6.07, 6.45) is 0. The molecule has 0 bridgehead atoms. The van der Waals surface area contributed by atoms with Gasteiger partial charge < -0.3 is 14.8 Å². The van der Waals surface area contributed by atoms with Gasteiger partial charge in [-0.2, -0.15) is 0 Å². The first-order valence-corrected chi connectivity index (χ1v) is 5.23. The van der Waals surface area contributed by atoms with Gasteiger partial charge >= 0.3 is 0 Å². The average molecular weight is 287 g/mol. The predicted molar refractivity (Wildman–Crippen MR) is 54.6 cm³/mol. The van der Waals surface area contributed by atoms with Crippen LogP contribution < -0.4 is 5.32 Å². The minimum absolute atomic E-state index is 0.0669. The normalized spacial score (nSPS) is 9.83. The zero-order valence-electron chi connectivity index (χ0n) is 7.14. The molecule has 72 valence electrons. The van der Waals surface area contributed by atoms with Crippen molar-refractivity contribution in [2.24, 2.45) is 0 Å². The molecule has 5 heteroatoms. The first-order valence-electron chi connectivity index (χ1n) is 3.70. The highest BCUT2D eigenvalue weighted by molar-refractivity contribution is 14.1. The fraction of sp³-hybridized carbons (Fsp3) is 0.857. The monoisotopic (exact) mass is 287 g/mol. The maximum atomic E-state index is 10.9. The van der Waals surface area contributed by atoms with Crippen molar-refractivity contribution in [3.8, 4) is 0 Å². The van der Waals surface area contributed by atoms with E-state index in [1.807, 2.05) is 0 Å². The molecule has 0 spiro atoms. The molecule has 12 heavy (non-hydrogen) atoms. The quantitative estimate of drug-likeness (QED) is 0.413. The number of hydrogen-bond donors (Lipinski definition) is 1. The molecule has 0 saturated carbocycles. The van der Waals surface area contributed by atoms with Crippen molar-refractivity contribution in [1.82, 2.24) is 5.32 Å². The Morgan fingerprint density at radius 2 is 2.25 bits per heavy atom. The van der Waals surface area contributed by atoms with Crippen LogP contribution in [0.2, 0.25) is 0 Å². The molecule has 0 aliphatic heterocycles. The van der Waals surface area contributed by atoms with Crippen LogP contribution in [0, 0.1) is 0 Å². The van der Waals surface area contributed by atoms with Crippen LogP contribution in [0.1, 0.15) is 0 Å². The molecule has 0 fully saturated rings. The van der Waals surface area contributed by atoms with E-state index in [4.69, 9.17) is 9.47 Å². The lowest BCUT2D eigenvalue weighted by molar-refractivity contribution is -0.125. The number of nitrogens with one attached hydrogen (secondary N) is 1. The maximum absolute atomic E-state index is 10.9. The van der Waals surface area contributed by atoms with E-state index in [0.29, 0.717) is 19.8 Å². The van der Waals surface area contributed by atoms with Crippen molar-refractivity contribution < 1.29 is 14.3 Å². The van der Waals surface area contributed by atoms with E-state index in [-0.39, 0.29) is 12.5 Å². The van der Waals surface area contributed by atoms with E-state index in [2.05, 4.69) is 27.9 Å². The molecular weight excluding hydrogens is 273 g/mol. The molecule has 0 radical (unpaired) electrons. The summed E-state index contributed by atoms with van der Waals surface area (Å²) in [4.78, 5) is 10.9. The van der Waals surface area contributed by atoms with Crippen molar-refractivity contribution in [2.45, 2.75) is 0 Å². The molecule has 0 unspecified atom stereocenters. The lowest BCUT2D eigenvalue weighted by Crippen LogP contribution is -2.29. The SMILES string of the molecule is COCCOCC(=O)NCCI. The number of carbonyl (C=O) groups excluding carboxylic acids is 1. The Balaban J connectivity index is 3.08. The number of carbonyl (C=O) groups is 1. The minimum Gasteiger partial charge on any atom is -0.382 e. The Labute approximate surface area is 86.1 Å². The van der Waals surface area contributed by atoms with Crippen LogP contribution in [-0.4, -0.2) is 43.8 Å². The Kier molecular flexibility index (Phi) is 9.30. The van der Waals surface area contributed by atoms with Gasteiger partial charge in [0.25, 0.3) is 0 Å². The Bertz CT molecular complexity index is 121. The summed E-state index contributed by atoms with van der Waals surface area (Å²) in [7, 11) is 1.60. The number of ether oxygens (including phenoxy) is 2. The van der Waals surface area contributed by atoms with Gasteiger partial charge in [0.05, 0.1) is 13.2 Å². The third kappa shape index (κ3) is 8.22. The molecule has 0 aromatic rings. The lowest BCUT2D eigenvalue weighted by Gasteiger charge is -2.03. The molecule has 4 nitrogen and oxygen atoms in total. The fourth-order valence-corrected chi connectivity index (χ4v) is 0.815. The van der Waals surface area contributed by atoms with Crippen molar-refractivity contribution in [3.05, 3.63) is 0 Å². The Morgan fingerprint density at radius 3 is 2.83 bits per heavy atom. The summed E-state index contributed by atoms with van der Waals surface area (Å²) in [5.41, 5.74) is 0. The summed E-state index contributed by atoms with van der Waals surface area (Å²) in [5.74, 6) is -0.0669. The van der Waals surface area contributed by atoms with Crippen LogP contribution in [0.5, 0.6) is 0 Å². The zero-order chi connectivity index (χ0) is 9.23. The highest BCUT2D eigenvalue weighted by atomic mass is 127. The van der Waals surface area contributed by atoms with Crippen LogP contribution in [0.15, 0.2) is 0 Å². The van der Waals surface area contributed by atoms with Gasteiger partial charge in [-0.25, -0.2) is 0 Å². The van der Waals surface area contributed by atoms with E-state index in [9.17, 15) is 4.79 Å². The van der Waals surface area contributed by atoms with Gasteiger partial charge in [-0.1, -0.05) is 22.6 Å². The smallest absolute Gasteiger partial charge is 0.246 e. The molecule has 0 aliphatic rings. The van der Waals surface area contributed by atoms with Gasteiger partial charge in [0.15, 0.2) is 0 Å². The second kappa shape index (κ2) is 9.21. The number of rotatable bonds is 7. The van der Waals surface area contributed by atoms with Crippen LogP contribution in [-0.2, 0) is 14.3 Å². The van der Waals surface area contributed by atoms with Gasteiger partial charge in [0.2, 0.25) is 5.91 Å². The highest BCUT2D eigenvalue weighted by Gasteiger charge is 1.98. The predicted octanol–water partition coefficient (Wildman–Crippen LogP) is 0.201. The summed E-state index contributed by atoms with van der Waals surface area (Å²) < 4.78 is 10.7. The summed E-state index contributed by atoms with van der Waals surface area (Å²) in [6.45, 7) is 1.82. The van der Waals surface area contributed by atoms with Crippen molar-refractivity contribution >= 4 is 28.5 Å². The number of alkyl halides is 1. The molecule has 1 N–H and O–H groups in total. The molecule has 0 aromatic carbocycles. The van der Waals surface area contributed by atoms with Crippen molar-refractivity contribution in [2.75, 3.05) is 37.9 Å². The van der Waals surface area contributed by atoms with Gasteiger partial charge in [-0.3, -0.25) is 4.79 Å². The zero-order valence-corrected chi connectivity index (χ0v) is 9.30. The number of hydrogen-bond acceptors (Lipinski definition) is 3. The van der Waals surface area contributed by atoms with E-state index in [1.165, 1.54) is 0 Å². The van der Waals surface area contributed by atoms with E-state index < -0.39 is 0 Å². The lowest BCUT2D eigenvalue weighted by atomic mass is 10.6. The molecular formula is C7H14INO3. The molecule has 0 aromatic heterocycles. The Morgan fingerprint density at radius 1 is 1.50 bits per heavy atom. The number of methoxy groups -OCH3 is 1. The summed E-state index contributed by atoms with van der Waals surface area (Å²) in [6, 6.07) is 0. The van der Waals surface area contributed by atoms with Gasteiger partial charge in [-0.05, 0) is 0 Å². The summed E-state index contributed by atoms with van der Waals surface area (Å²) in [5, 5.41) is 2.70. The highest BCUT2D eigenvalue weighted by Crippen LogP contribution is 1.79. The topological polar surface area (TPSA) is 47.6 Å². The van der Waals surface area contributed by atoms with Crippen molar-refractivity contribution in [1.29, 1.82) is 0 Å². The largest absolute Gasteiger partial charge is 0.382 e. The van der Waals surface area contributed by atoms with Gasteiger partial charge in [-0.15, -0.1) is 0 Å². The number of halogens is 1. The first-order chi connectivity index (χ1) is 5.81. The maximum Gasteiger partial charge on any atom is 0.246 e. The second-order valence-electron chi connectivity index (χ2n) is 2.08. The van der Waals surface area contributed by atoms with Gasteiger partial charge in [0, 0.05) is 18.1 Å². The van der Waals surface area contributed by atoms with E-state index in [1.54, 1.807) is 7.11 Å². The van der Waals surface area contributed by atoms with E-state index in [0.717, 1.165) is 4.43 Å². The molecule has 0 aliphatic carbocycles. The third-order valence-corrected chi connectivity index (χ3v) is 1.62. The minimum atomic E-state index is -0.0669. The van der Waals surface area contributed by atoms with Crippen LogP contribution >= 0.6 is 22.6 Å². The Hall–Kier alpha value is 0.120. The van der Waals surface area contributed by atoms with Crippen molar-refractivity contribution in [3.63, 3.8) is 0 Å². The van der Waals surface area contributed by atoms with Crippen LogP contribution in [0.25, 0.3) is 0 Å². The first kappa shape index (κ1) is 12.1. The third-order valence-electron chi connectivity index (χ3n) is 1.08. The summed E-state index contributed by atoms with van der Waals surface area (Å²) >= 11 is 2.20.